The Morgan fingerprint density at radius 3 is 2.33 bits per heavy atom. The summed E-state index contributed by atoms with van der Waals surface area (Å²) in [5.41, 5.74) is 0. The predicted molar refractivity (Wildman–Crippen MR) is 88.9 cm³/mol. The molecule has 0 aliphatic carbocycles. The Labute approximate surface area is 131 Å². The van der Waals surface area contributed by atoms with Crippen LogP contribution < -0.4 is 0 Å². The number of hydrogen-bond acceptors (Lipinski definition) is 1. The maximum absolute atomic E-state index is 2.31. The van der Waals surface area contributed by atoms with Gasteiger partial charge in [0.2, 0.25) is 0 Å². The van der Waals surface area contributed by atoms with Gasteiger partial charge in [0.25, 0.3) is 0 Å². The third-order valence-corrected chi connectivity index (χ3v) is 7.39. The summed E-state index contributed by atoms with van der Waals surface area (Å²) in [7, 11) is 0. The van der Waals surface area contributed by atoms with Crippen molar-refractivity contribution in [3.05, 3.63) is 22.4 Å². The molecule has 104 valence electrons. The molecule has 0 aliphatic heterocycles. The van der Waals surface area contributed by atoms with E-state index in [1.165, 1.54) is 64.2 Å². The van der Waals surface area contributed by atoms with Gasteiger partial charge in [-0.3, -0.25) is 0 Å². The fourth-order valence-corrected chi connectivity index (χ4v) is 6.64. The molecule has 0 aliphatic rings. The molecule has 0 nitrogen and oxygen atoms in total. The Kier molecular flexibility index (Phi) is 10.4. The molecule has 1 aromatic heterocycles. The molecule has 0 spiro atoms. The molecule has 1 aromatic rings. The number of unbranched alkanes of at least 4 members (excludes halogenated alkanes) is 7. The van der Waals surface area contributed by atoms with Gasteiger partial charge in [0.05, 0.1) is 0 Å². The van der Waals surface area contributed by atoms with E-state index in [4.69, 9.17) is 0 Å². The van der Waals surface area contributed by atoms with Crippen molar-refractivity contribution in [1.29, 1.82) is 0 Å². The van der Waals surface area contributed by atoms with Crippen LogP contribution in [-0.4, -0.2) is 22.5 Å². The molecule has 0 saturated carbocycles. The van der Waals surface area contributed by atoms with Crippen LogP contribution in [0.3, 0.4) is 0 Å². The summed E-state index contributed by atoms with van der Waals surface area (Å²) in [6, 6.07) is 4.50. The van der Waals surface area contributed by atoms with Gasteiger partial charge in [0.1, 0.15) is 0 Å². The van der Waals surface area contributed by atoms with Gasteiger partial charge in [-0.25, -0.2) is 0 Å². The minimum absolute atomic E-state index is 0.829. The summed E-state index contributed by atoms with van der Waals surface area (Å²) in [5.74, 6) is 0. The van der Waals surface area contributed by atoms with Crippen LogP contribution in [0.2, 0.25) is 3.93 Å². The first-order chi connectivity index (χ1) is 8.83. The second kappa shape index (κ2) is 11.3. The van der Waals surface area contributed by atoms with Gasteiger partial charge < -0.3 is 0 Å². The van der Waals surface area contributed by atoms with Crippen LogP contribution in [0.4, 0.5) is 0 Å². The molecule has 0 bridgehead atoms. The van der Waals surface area contributed by atoms with Gasteiger partial charge in [-0.1, -0.05) is 0 Å². The molecular weight excluding hydrogens is 343 g/mol. The van der Waals surface area contributed by atoms with Crippen LogP contribution in [0.5, 0.6) is 0 Å². The summed E-state index contributed by atoms with van der Waals surface area (Å²) >= 11 is 2.77. The summed E-state index contributed by atoms with van der Waals surface area (Å²) in [6.07, 6.45) is 14.5. The van der Waals surface area contributed by atoms with Crippen LogP contribution in [0.1, 0.15) is 69.6 Å². The molecule has 18 heavy (non-hydrogen) atoms. The Hall–Kier alpha value is 0.499. The van der Waals surface area contributed by atoms with Gasteiger partial charge in [0, 0.05) is 0 Å². The van der Waals surface area contributed by atoms with E-state index in [-0.39, 0.29) is 0 Å². The standard InChI is InChI=1S/C16H27S.Sn.3H/c1-2-3-4-5-6-7-8-9-10-11-13-16-14-12-15-17-16;;;;/h11-12,14-15H,2-10,13H2,1H3;;;;. The van der Waals surface area contributed by atoms with E-state index in [0.29, 0.717) is 0 Å². The molecule has 2 heteroatoms. The molecule has 0 N–H and O–H groups in total. The molecule has 0 amide bonds. The molecular formula is C16H30SSn. The third kappa shape index (κ3) is 8.57. The van der Waals surface area contributed by atoms with Crippen molar-refractivity contribution in [1.82, 2.24) is 0 Å². The zero-order valence-electron chi connectivity index (χ0n) is 12.3. The van der Waals surface area contributed by atoms with Crippen molar-refractivity contribution in [2.45, 2.75) is 75.1 Å². The van der Waals surface area contributed by atoms with Gasteiger partial charge in [0.15, 0.2) is 0 Å². The van der Waals surface area contributed by atoms with Crippen molar-refractivity contribution in [3.8, 4) is 0 Å². The van der Waals surface area contributed by atoms with Gasteiger partial charge in [-0.15, -0.1) is 0 Å². The van der Waals surface area contributed by atoms with Gasteiger partial charge in [-0.05, 0) is 0 Å². The fraction of sp³-hybridized carbons (Fsp3) is 0.750. The Morgan fingerprint density at radius 1 is 1.06 bits per heavy atom. The summed E-state index contributed by atoms with van der Waals surface area (Å²) < 4.78 is 1.07. The second-order valence-electron chi connectivity index (χ2n) is 5.65. The van der Waals surface area contributed by atoms with Crippen LogP contribution in [0.15, 0.2) is 17.5 Å². The molecule has 0 aromatic carbocycles. The van der Waals surface area contributed by atoms with E-state index in [9.17, 15) is 0 Å². The quantitative estimate of drug-likeness (QED) is 0.379. The normalized spacial score (nSPS) is 12.9. The third-order valence-electron chi connectivity index (χ3n) is 3.68. The Bertz CT molecular complexity index is 269. The van der Waals surface area contributed by atoms with Crippen LogP contribution >= 0.6 is 11.3 Å². The summed E-state index contributed by atoms with van der Waals surface area (Å²) in [6.45, 7) is 2.29. The molecule has 0 saturated heterocycles. The van der Waals surface area contributed by atoms with E-state index < -0.39 is 0 Å². The average molecular weight is 373 g/mol. The van der Waals surface area contributed by atoms with Gasteiger partial charge >= 0.3 is 131 Å². The van der Waals surface area contributed by atoms with E-state index in [1.54, 1.807) is 4.88 Å². The van der Waals surface area contributed by atoms with E-state index in [0.717, 1.165) is 26.5 Å². The molecule has 1 unspecified atom stereocenters. The predicted octanol–water partition coefficient (Wildman–Crippen LogP) is 4.98. The van der Waals surface area contributed by atoms with Crippen LogP contribution in [0, 0.1) is 0 Å². The first-order valence-corrected chi connectivity index (χ1v) is 12.0. The fourth-order valence-electron chi connectivity index (χ4n) is 2.50. The SMILES string of the molecule is CCCCCCCCCC[CH]([SnH3])Cc1cccs1. The van der Waals surface area contributed by atoms with Crippen molar-refractivity contribution >= 4 is 33.9 Å². The summed E-state index contributed by atoms with van der Waals surface area (Å²) in [4.78, 5) is 1.61. The molecule has 1 heterocycles. The minimum atomic E-state index is 0.829. The van der Waals surface area contributed by atoms with Crippen molar-refractivity contribution < 1.29 is 0 Å². The van der Waals surface area contributed by atoms with Crippen molar-refractivity contribution in [2.24, 2.45) is 0 Å². The van der Waals surface area contributed by atoms with Crippen LogP contribution in [-0.2, 0) is 6.42 Å². The van der Waals surface area contributed by atoms with Crippen molar-refractivity contribution in [3.63, 3.8) is 0 Å². The van der Waals surface area contributed by atoms with Crippen LogP contribution in [0.25, 0.3) is 0 Å². The zero-order valence-corrected chi connectivity index (χ0v) is 18.8. The number of rotatable bonds is 11. The first-order valence-electron chi connectivity index (χ1n) is 7.85. The Morgan fingerprint density at radius 2 is 1.72 bits per heavy atom. The topological polar surface area (TPSA) is 0 Å². The molecule has 0 radical (unpaired) electrons. The second-order valence-corrected chi connectivity index (χ2v) is 11.3. The molecule has 0 fully saturated rings. The monoisotopic (exact) mass is 374 g/mol. The number of thiophene rings is 1. The van der Waals surface area contributed by atoms with Crippen molar-refractivity contribution in [2.75, 3.05) is 0 Å². The first kappa shape index (κ1) is 16.6. The van der Waals surface area contributed by atoms with E-state index >= 15 is 0 Å². The van der Waals surface area contributed by atoms with E-state index in [2.05, 4.69) is 24.4 Å². The van der Waals surface area contributed by atoms with Gasteiger partial charge in [-0.2, -0.15) is 0 Å². The van der Waals surface area contributed by atoms with E-state index in [1.807, 2.05) is 11.3 Å². The Balaban J connectivity index is 1.88. The molecule has 1 atom stereocenters. The maximum atomic E-state index is 2.31. The molecule has 1 rings (SSSR count). The zero-order chi connectivity index (χ0) is 13.1. The number of hydrogen-bond donors (Lipinski definition) is 0. The average Bonchev–Trinajstić information content (AvgIpc) is 2.85. The summed E-state index contributed by atoms with van der Waals surface area (Å²) in [5, 5.41) is 2.22.